The van der Waals surface area contributed by atoms with Gasteiger partial charge in [0, 0.05) is 11.6 Å². The number of rotatable bonds is 4. The fraction of sp³-hybridized carbons (Fsp3) is 0.200. The van der Waals surface area contributed by atoms with Crippen LogP contribution in [0.3, 0.4) is 0 Å². The van der Waals surface area contributed by atoms with Crippen LogP contribution < -0.4 is 19.5 Å². The third-order valence-electron chi connectivity index (χ3n) is 6.52. The van der Waals surface area contributed by atoms with E-state index in [0.717, 1.165) is 34.7 Å². The normalized spacial score (nSPS) is 22.4. The second-order valence-electron chi connectivity index (χ2n) is 8.42. The Labute approximate surface area is 197 Å². The summed E-state index contributed by atoms with van der Waals surface area (Å²) in [7, 11) is -3.79. The Balaban J connectivity index is 1.34. The molecule has 0 radical (unpaired) electrons. The van der Waals surface area contributed by atoms with Gasteiger partial charge in [0.05, 0.1) is 21.6 Å². The first kappa shape index (κ1) is 20.4. The van der Waals surface area contributed by atoms with Gasteiger partial charge in [-0.25, -0.2) is 8.42 Å². The van der Waals surface area contributed by atoms with Gasteiger partial charge in [0.1, 0.15) is 0 Å². The molecule has 8 heteroatoms. The summed E-state index contributed by atoms with van der Waals surface area (Å²) in [5.74, 6) is 1.91. The summed E-state index contributed by atoms with van der Waals surface area (Å²) < 4.78 is 39.8. The predicted molar refractivity (Wildman–Crippen MR) is 128 cm³/mol. The Morgan fingerprint density at radius 2 is 1.85 bits per heavy atom. The van der Waals surface area contributed by atoms with E-state index in [1.807, 2.05) is 18.2 Å². The highest BCUT2D eigenvalue weighted by atomic mass is 35.5. The largest absolute Gasteiger partial charge is 0.454 e. The summed E-state index contributed by atoms with van der Waals surface area (Å²) in [6, 6.07) is 18.2. The zero-order valence-corrected chi connectivity index (χ0v) is 19.1. The van der Waals surface area contributed by atoms with Crippen LogP contribution in [-0.2, 0) is 10.0 Å². The van der Waals surface area contributed by atoms with E-state index in [9.17, 15) is 8.42 Å². The van der Waals surface area contributed by atoms with Gasteiger partial charge in [0.25, 0.3) is 10.0 Å². The van der Waals surface area contributed by atoms with Gasteiger partial charge < -0.3 is 14.8 Å². The lowest BCUT2D eigenvalue weighted by atomic mass is 9.77. The molecule has 2 aliphatic heterocycles. The van der Waals surface area contributed by atoms with Crippen molar-refractivity contribution in [2.75, 3.05) is 16.8 Å². The van der Waals surface area contributed by atoms with Crippen molar-refractivity contribution in [1.29, 1.82) is 0 Å². The van der Waals surface area contributed by atoms with Crippen molar-refractivity contribution in [2.45, 2.75) is 23.3 Å². The molecule has 0 amide bonds. The lowest BCUT2D eigenvalue weighted by molar-refractivity contribution is 0.174. The van der Waals surface area contributed by atoms with Gasteiger partial charge in [0.2, 0.25) is 6.79 Å². The highest BCUT2D eigenvalue weighted by Crippen LogP contribution is 2.51. The van der Waals surface area contributed by atoms with E-state index in [1.54, 1.807) is 36.4 Å². The molecular weight excluding hydrogens is 460 g/mol. The topological polar surface area (TPSA) is 76.7 Å². The Bertz CT molecular complexity index is 1390. The van der Waals surface area contributed by atoms with Crippen molar-refractivity contribution < 1.29 is 17.9 Å². The maximum Gasteiger partial charge on any atom is 0.261 e. The molecule has 1 aliphatic carbocycles. The van der Waals surface area contributed by atoms with Gasteiger partial charge in [-0.05, 0) is 65.9 Å². The van der Waals surface area contributed by atoms with Crippen molar-refractivity contribution in [3.05, 3.63) is 89.0 Å². The molecule has 2 N–H and O–H groups in total. The number of hydrogen-bond acceptors (Lipinski definition) is 5. The third-order valence-corrected chi connectivity index (χ3v) is 8.21. The first-order valence-electron chi connectivity index (χ1n) is 10.7. The number of anilines is 2. The van der Waals surface area contributed by atoms with Gasteiger partial charge in [-0.3, -0.25) is 4.72 Å². The van der Waals surface area contributed by atoms with Crippen molar-refractivity contribution in [3.63, 3.8) is 0 Å². The SMILES string of the molecule is O=S(=O)(Nc1ccccc1Cl)c1ccc2c(c1)[C@H]1C=CC[C@H]1[C@@H](c1ccc3c(c1)OCO3)N2. The number of allylic oxidation sites excluding steroid dienone is 2. The van der Waals surface area contributed by atoms with E-state index in [0.29, 0.717) is 10.7 Å². The molecule has 0 saturated heterocycles. The average Bonchev–Trinajstić information content (AvgIpc) is 3.49. The van der Waals surface area contributed by atoms with Crippen LogP contribution in [0.2, 0.25) is 5.02 Å². The van der Waals surface area contributed by atoms with Crippen LogP contribution in [0.5, 0.6) is 11.5 Å². The number of fused-ring (bicyclic) bond motifs is 4. The number of para-hydroxylation sites is 1. The summed E-state index contributed by atoms with van der Waals surface area (Å²) in [4.78, 5) is 0.212. The second-order valence-corrected chi connectivity index (χ2v) is 10.5. The Hall–Kier alpha value is -3.16. The lowest BCUT2D eigenvalue weighted by Crippen LogP contribution is -2.29. The van der Waals surface area contributed by atoms with E-state index >= 15 is 0 Å². The summed E-state index contributed by atoms with van der Waals surface area (Å²) in [6.07, 6.45) is 5.27. The molecule has 0 spiro atoms. The molecule has 0 saturated carbocycles. The molecule has 0 bridgehead atoms. The maximum atomic E-state index is 13.1. The van der Waals surface area contributed by atoms with Gasteiger partial charge in [-0.1, -0.05) is 42.0 Å². The van der Waals surface area contributed by atoms with Crippen LogP contribution in [0.15, 0.2) is 77.7 Å². The minimum absolute atomic E-state index is 0.0794. The van der Waals surface area contributed by atoms with Gasteiger partial charge >= 0.3 is 0 Å². The molecule has 2 heterocycles. The smallest absolute Gasteiger partial charge is 0.261 e. The summed E-state index contributed by atoms with van der Waals surface area (Å²) in [5.41, 5.74) is 3.40. The summed E-state index contributed by atoms with van der Waals surface area (Å²) in [6.45, 7) is 0.243. The van der Waals surface area contributed by atoms with Crippen LogP contribution in [0, 0.1) is 5.92 Å². The van der Waals surface area contributed by atoms with Crippen molar-refractivity contribution >= 4 is 33.0 Å². The van der Waals surface area contributed by atoms with Crippen LogP contribution in [0.4, 0.5) is 11.4 Å². The highest BCUT2D eigenvalue weighted by molar-refractivity contribution is 7.92. The minimum Gasteiger partial charge on any atom is -0.454 e. The second kappa shape index (κ2) is 7.71. The highest BCUT2D eigenvalue weighted by Gasteiger charge is 2.39. The zero-order chi connectivity index (χ0) is 22.6. The van der Waals surface area contributed by atoms with Gasteiger partial charge in [-0.2, -0.15) is 0 Å². The number of ether oxygens (including phenoxy) is 2. The van der Waals surface area contributed by atoms with E-state index < -0.39 is 10.0 Å². The zero-order valence-electron chi connectivity index (χ0n) is 17.5. The molecule has 3 aromatic rings. The summed E-state index contributed by atoms with van der Waals surface area (Å²) in [5, 5.41) is 3.99. The van der Waals surface area contributed by atoms with Gasteiger partial charge in [0.15, 0.2) is 11.5 Å². The molecule has 0 fully saturated rings. The minimum atomic E-state index is -3.79. The Morgan fingerprint density at radius 1 is 1.00 bits per heavy atom. The number of sulfonamides is 1. The third kappa shape index (κ3) is 3.52. The molecule has 0 aromatic heterocycles. The van der Waals surface area contributed by atoms with Crippen molar-refractivity contribution in [3.8, 4) is 11.5 Å². The molecule has 168 valence electrons. The Kier molecular flexibility index (Phi) is 4.78. The number of benzene rings is 3. The molecule has 6 rings (SSSR count). The molecule has 3 atom stereocenters. The molecule has 3 aromatic carbocycles. The molecule has 33 heavy (non-hydrogen) atoms. The fourth-order valence-electron chi connectivity index (χ4n) is 4.92. The van der Waals surface area contributed by atoms with Crippen LogP contribution in [-0.4, -0.2) is 15.2 Å². The quantitative estimate of drug-likeness (QED) is 0.469. The standard InChI is InChI=1S/C25H21ClN2O4S/c26-20-6-1-2-7-22(20)28-33(29,30)16-9-10-21-19(13-16)17-4-3-5-18(17)25(27-21)15-8-11-23-24(12-15)32-14-31-23/h1-4,6-13,17-18,25,27-28H,5,14H2/t17-,18+,25+/m0/s1. The predicted octanol–water partition coefficient (Wildman–Crippen LogP) is 5.70. The summed E-state index contributed by atoms with van der Waals surface area (Å²) >= 11 is 6.15. The van der Waals surface area contributed by atoms with E-state index in [2.05, 4.69) is 28.3 Å². The van der Waals surface area contributed by atoms with E-state index in [1.165, 1.54) is 0 Å². The van der Waals surface area contributed by atoms with E-state index in [4.69, 9.17) is 21.1 Å². The Morgan fingerprint density at radius 3 is 2.73 bits per heavy atom. The monoisotopic (exact) mass is 480 g/mol. The van der Waals surface area contributed by atoms with Gasteiger partial charge in [-0.15, -0.1) is 0 Å². The van der Waals surface area contributed by atoms with Crippen LogP contribution in [0.25, 0.3) is 0 Å². The first-order valence-corrected chi connectivity index (χ1v) is 12.6. The number of nitrogens with one attached hydrogen (secondary N) is 2. The number of halogens is 1. The lowest BCUT2D eigenvalue weighted by Gasteiger charge is -2.37. The number of hydrogen-bond donors (Lipinski definition) is 2. The molecule has 6 nitrogen and oxygen atoms in total. The molecule has 0 unspecified atom stereocenters. The van der Waals surface area contributed by atoms with Crippen molar-refractivity contribution in [2.24, 2.45) is 5.92 Å². The average molecular weight is 481 g/mol. The van der Waals surface area contributed by atoms with E-state index in [-0.39, 0.29) is 29.6 Å². The maximum absolute atomic E-state index is 13.1. The molecule has 3 aliphatic rings. The van der Waals surface area contributed by atoms with Crippen LogP contribution >= 0.6 is 11.6 Å². The van der Waals surface area contributed by atoms with Crippen LogP contribution in [0.1, 0.15) is 29.5 Å². The molecular formula is C25H21ClN2O4S. The first-order chi connectivity index (χ1) is 16.0. The fourth-order valence-corrected chi connectivity index (χ4v) is 6.28. The van der Waals surface area contributed by atoms with Crippen molar-refractivity contribution in [1.82, 2.24) is 0 Å².